The molecule has 2 aliphatic heterocycles. The molecule has 4 aromatic rings. The number of nitrogens with zero attached hydrogens (tertiary/aromatic N) is 6. The molecule has 0 bridgehead atoms. The van der Waals surface area contributed by atoms with E-state index < -0.39 is 17.8 Å². The summed E-state index contributed by atoms with van der Waals surface area (Å²) in [6.45, 7) is 8.88. The fourth-order valence-corrected chi connectivity index (χ4v) is 6.19. The number of anilines is 1. The Bertz CT molecular complexity index is 1780. The Balaban J connectivity index is 1.18. The van der Waals surface area contributed by atoms with Crippen LogP contribution in [0.1, 0.15) is 54.3 Å². The van der Waals surface area contributed by atoms with Crippen molar-refractivity contribution >= 4 is 22.8 Å². The first-order chi connectivity index (χ1) is 22.1. The zero-order valence-corrected chi connectivity index (χ0v) is 25.7. The van der Waals surface area contributed by atoms with Crippen LogP contribution in [0.5, 0.6) is 11.5 Å². The van der Waals surface area contributed by atoms with Crippen molar-refractivity contribution in [3.63, 3.8) is 0 Å². The van der Waals surface area contributed by atoms with Gasteiger partial charge < -0.3 is 24.8 Å². The molecule has 1 aromatic carbocycles. The molecule has 0 aliphatic carbocycles. The molecule has 0 spiro atoms. The fraction of sp³-hybridized carbons (Fsp3) is 0.394. The minimum atomic E-state index is -4.56. The number of aromatic amines is 1. The highest BCUT2D eigenvalue weighted by Crippen LogP contribution is 2.36. The maximum Gasteiger partial charge on any atom is 0.416 e. The van der Waals surface area contributed by atoms with E-state index in [2.05, 4.69) is 38.2 Å². The molecule has 0 saturated carbocycles. The molecule has 6 rings (SSSR count). The van der Waals surface area contributed by atoms with Gasteiger partial charge in [0.25, 0.3) is 0 Å². The Morgan fingerprint density at radius 3 is 2.61 bits per heavy atom. The molecule has 1 saturated heterocycles. The second-order valence-electron chi connectivity index (χ2n) is 11.7. The van der Waals surface area contributed by atoms with Gasteiger partial charge in [0.05, 0.1) is 22.8 Å². The first-order valence-electron chi connectivity index (χ1n) is 15.4. The lowest BCUT2D eigenvalue weighted by atomic mass is 9.92. The minimum Gasteiger partial charge on any atom is -0.455 e. The van der Waals surface area contributed by atoms with Gasteiger partial charge in [0.15, 0.2) is 0 Å². The van der Waals surface area contributed by atoms with E-state index in [0.717, 1.165) is 37.0 Å². The summed E-state index contributed by atoms with van der Waals surface area (Å²) in [5.41, 5.74) is 2.08. The molecule has 0 unspecified atom stereocenters. The zero-order chi connectivity index (χ0) is 32.4. The van der Waals surface area contributed by atoms with Crippen molar-refractivity contribution in [3.8, 4) is 17.6 Å². The van der Waals surface area contributed by atoms with Crippen LogP contribution in [0.25, 0.3) is 11.0 Å². The van der Waals surface area contributed by atoms with Crippen molar-refractivity contribution in [2.75, 3.05) is 44.6 Å². The summed E-state index contributed by atoms with van der Waals surface area (Å²) in [4.78, 5) is 31.2. The van der Waals surface area contributed by atoms with E-state index in [-0.39, 0.29) is 30.3 Å². The Morgan fingerprint density at radius 1 is 1.11 bits per heavy atom. The summed E-state index contributed by atoms with van der Waals surface area (Å²) < 4.78 is 48.6. The van der Waals surface area contributed by atoms with Gasteiger partial charge in [-0.05, 0) is 54.4 Å². The van der Waals surface area contributed by atoms with Crippen LogP contribution in [-0.4, -0.2) is 75.0 Å². The van der Waals surface area contributed by atoms with Crippen LogP contribution in [-0.2, 0) is 19.3 Å². The number of alkyl halides is 3. The number of halogens is 3. The van der Waals surface area contributed by atoms with Gasteiger partial charge in [0, 0.05) is 63.6 Å². The number of carbonyl (C=O) groups excluding carboxylic acids is 1. The number of carbonyl (C=O) groups is 1. The molecular formula is C33H35F3N8O2. The van der Waals surface area contributed by atoms with Crippen molar-refractivity contribution < 1.29 is 22.7 Å². The van der Waals surface area contributed by atoms with Gasteiger partial charge in [0.1, 0.15) is 28.9 Å². The predicted octanol–water partition coefficient (Wildman–Crippen LogP) is 6.32. The summed E-state index contributed by atoms with van der Waals surface area (Å²) in [5.74, 6) is 0.888. The lowest BCUT2D eigenvalue weighted by Gasteiger charge is -2.34. The molecule has 1 fully saturated rings. The maximum atomic E-state index is 14.2. The number of aromatic nitrogens is 3. The van der Waals surface area contributed by atoms with Crippen molar-refractivity contribution in [2.45, 2.75) is 45.5 Å². The molecule has 2 N–H and O–H groups in total. The van der Waals surface area contributed by atoms with Crippen molar-refractivity contribution in [1.29, 1.82) is 5.26 Å². The van der Waals surface area contributed by atoms with Crippen LogP contribution < -0.4 is 10.1 Å². The normalized spacial score (nSPS) is 17.5. The number of H-pyrrole nitrogens is 1. The van der Waals surface area contributed by atoms with Crippen LogP contribution in [0.15, 0.2) is 48.8 Å². The number of ether oxygens (including phenoxy) is 1. The third kappa shape index (κ3) is 6.63. The number of hydrogen-bond donors (Lipinski definition) is 2. The quantitative estimate of drug-likeness (QED) is 0.245. The van der Waals surface area contributed by atoms with E-state index in [1.165, 1.54) is 6.07 Å². The Kier molecular flexibility index (Phi) is 8.84. The summed E-state index contributed by atoms with van der Waals surface area (Å²) in [5, 5.41) is 12.6. The van der Waals surface area contributed by atoms with Crippen molar-refractivity contribution in [3.05, 3.63) is 76.9 Å². The topological polar surface area (TPSA) is 113 Å². The molecule has 10 nitrogen and oxygen atoms in total. The number of pyridine rings is 2. The highest BCUT2D eigenvalue weighted by Gasteiger charge is 2.35. The second kappa shape index (κ2) is 13.0. The number of likely N-dealkylation sites (N-methyl/N-ethyl adjacent to an activating group) is 1. The molecule has 1 atom stereocenters. The molecule has 5 heterocycles. The maximum absolute atomic E-state index is 14.2. The summed E-state index contributed by atoms with van der Waals surface area (Å²) in [7, 11) is 0. The van der Waals surface area contributed by atoms with Gasteiger partial charge in [-0.3, -0.25) is 9.88 Å². The number of piperazine rings is 1. The van der Waals surface area contributed by atoms with Crippen molar-refractivity contribution in [2.24, 2.45) is 0 Å². The molecular weight excluding hydrogens is 597 g/mol. The first kappa shape index (κ1) is 31.3. The minimum absolute atomic E-state index is 0.0553. The lowest BCUT2D eigenvalue weighted by Crippen LogP contribution is -2.45. The highest BCUT2D eigenvalue weighted by atomic mass is 19.4. The molecule has 2 amide bonds. The molecule has 13 heteroatoms. The smallest absolute Gasteiger partial charge is 0.416 e. The zero-order valence-electron chi connectivity index (χ0n) is 25.7. The van der Waals surface area contributed by atoms with Gasteiger partial charge in [-0.15, -0.1) is 0 Å². The number of benzene rings is 1. The third-order valence-corrected chi connectivity index (χ3v) is 8.76. The molecule has 2 aliphatic rings. The number of amides is 2. The van der Waals surface area contributed by atoms with Crippen LogP contribution in [0.3, 0.4) is 0 Å². The van der Waals surface area contributed by atoms with E-state index in [1.807, 2.05) is 17.9 Å². The average molecular weight is 633 g/mol. The van der Waals surface area contributed by atoms with Crippen LogP contribution >= 0.6 is 0 Å². The van der Waals surface area contributed by atoms with Crippen LogP contribution in [0.2, 0.25) is 0 Å². The number of nitriles is 1. The van der Waals surface area contributed by atoms with Gasteiger partial charge in [0.2, 0.25) is 0 Å². The SMILES string of the molecule is CC[C@@H]1CN(C(=O)Nc2ccc(CN3CCN(CC)CC3)c(C(F)(F)F)c2)Cc2cc(Oc3ccnc4[nH]c(C#N)cc34)cnc21. The van der Waals surface area contributed by atoms with Gasteiger partial charge >= 0.3 is 12.2 Å². The van der Waals surface area contributed by atoms with E-state index in [0.29, 0.717) is 54.3 Å². The summed E-state index contributed by atoms with van der Waals surface area (Å²) >= 11 is 0. The van der Waals surface area contributed by atoms with E-state index in [4.69, 9.17) is 4.74 Å². The number of hydrogen-bond acceptors (Lipinski definition) is 7. The summed E-state index contributed by atoms with van der Waals surface area (Å²) in [6, 6.07) is 10.8. The monoisotopic (exact) mass is 632 g/mol. The van der Waals surface area contributed by atoms with Crippen LogP contribution in [0.4, 0.5) is 23.7 Å². The standard InChI is InChI=1S/C33H35F3N8O2/c1-3-21-19-44(20-23-13-26(17-39-30(21)23)46-29-7-8-38-31-27(29)14-25(16-37)40-31)32(45)41-24-6-5-22(28(15-24)33(34,35)36)18-43-11-9-42(4-2)10-12-43/h5-8,13-15,17,21H,3-4,9-12,18-20H2,1-2H3,(H,38,40)(H,41,45)/t21-/m1/s1. The Hall–Kier alpha value is -4.67. The molecule has 240 valence electrons. The molecule has 46 heavy (non-hydrogen) atoms. The fourth-order valence-electron chi connectivity index (χ4n) is 6.19. The number of rotatable bonds is 7. The molecule has 0 radical (unpaired) electrons. The summed E-state index contributed by atoms with van der Waals surface area (Å²) in [6.07, 6.45) is -0.637. The van der Waals surface area contributed by atoms with Gasteiger partial charge in [-0.25, -0.2) is 9.78 Å². The number of nitrogens with one attached hydrogen (secondary N) is 2. The highest BCUT2D eigenvalue weighted by molar-refractivity contribution is 5.90. The second-order valence-corrected chi connectivity index (χ2v) is 11.7. The first-order valence-corrected chi connectivity index (χ1v) is 15.4. The number of urea groups is 1. The largest absolute Gasteiger partial charge is 0.455 e. The van der Waals surface area contributed by atoms with Crippen molar-refractivity contribution in [1.82, 2.24) is 29.7 Å². The Morgan fingerprint density at radius 2 is 1.89 bits per heavy atom. The number of fused-ring (bicyclic) bond motifs is 2. The van der Waals surface area contributed by atoms with E-state index >= 15 is 0 Å². The van der Waals surface area contributed by atoms with Gasteiger partial charge in [-0.1, -0.05) is 19.9 Å². The Labute approximate surface area is 264 Å². The van der Waals surface area contributed by atoms with E-state index in [1.54, 1.807) is 35.5 Å². The molecule has 3 aromatic heterocycles. The van der Waals surface area contributed by atoms with Crippen LogP contribution in [0, 0.1) is 11.3 Å². The lowest BCUT2D eigenvalue weighted by molar-refractivity contribution is -0.138. The predicted molar refractivity (Wildman–Crippen MR) is 166 cm³/mol. The van der Waals surface area contributed by atoms with E-state index in [9.17, 15) is 23.2 Å². The van der Waals surface area contributed by atoms with Gasteiger partial charge in [-0.2, -0.15) is 18.4 Å². The third-order valence-electron chi connectivity index (χ3n) is 8.76. The average Bonchev–Trinajstić information content (AvgIpc) is 3.49.